The van der Waals surface area contributed by atoms with E-state index in [1.54, 1.807) is 18.2 Å². The van der Waals surface area contributed by atoms with Crippen molar-refractivity contribution in [3.05, 3.63) is 64.7 Å². The zero-order chi connectivity index (χ0) is 21.0. The minimum atomic E-state index is -0.814. The van der Waals surface area contributed by atoms with Gasteiger partial charge in [-0.1, -0.05) is 29.8 Å². The molecule has 1 heterocycles. The van der Waals surface area contributed by atoms with Crippen molar-refractivity contribution in [1.29, 1.82) is 0 Å². The lowest BCUT2D eigenvalue weighted by Crippen LogP contribution is -2.41. The third-order valence-corrected chi connectivity index (χ3v) is 5.10. The van der Waals surface area contributed by atoms with Gasteiger partial charge in [-0.05, 0) is 36.2 Å². The average Bonchev–Trinajstić information content (AvgIpc) is 3.14. The number of hydrogen-bond acceptors (Lipinski definition) is 4. The molecular weight excluding hydrogens is 404 g/mol. The summed E-state index contributed by atoms with van der Waals surface area (Å²) in [6, 6.07) is 9.49. The first kappa shape index (κ1) is 21.0. The number of rotatable bonds is 6. The molecule has 29 heavy (non-hydrogen) atoms. The lowest BCUT2D eigenvalue weighted by Gasteiger charge is -2.22. The summed E-state index contributed by atoms with van der Waals surface area (Å²) in [5.74, 6) is -1.86. The molecule has 0 radical (unpaired) electrons. The van der Waals surface area contributed by atoms with E-state index in [2.05, 4.69) is 0 Å². The maximum atomic E-state index is 13.9. The number of amides is 1. The smallest absolute Gasteiger partial charge is 0.328 e. The molecule has 1 saturated heterocycles. The second-order valence-electron chi connectivity index (χ2n) is 6.74. The minimum absolute atomic E-state index is 0.0125. The lowest BCUT2D eigenvalue weighted by atomic mass is 10.1. The quantitative estimate of drug-likeness (QED) is 0.664. The van der Waals surface area contributed by atoms with Gasteiger partial charge in [-0.25, -0.2) is 13.6 Å². The fourth-order valence-electron chi connectivity index (χ4n) is 3.33. The van der Waals surface area contributed by atoms with Gasteiger partial charge in [0.05, 0.1) is 18.7 Å². The monoisotopic (exact) mass is 423 g/mol. The van der Waals surface area contributed by atoms with Gasteiger partial charge < -0.3 is 14.4 Å². The van der Waals surface area contributed by atoms with Crippen molar-refractivity contribution in [3.63, 3.8) is 0 Å². The van der Waals surface area contributed by atoms with Crippen LogP contribution in [0.15, 0.2) is 42.5 Å². The Hall–Kier alpha value is -2.67. The highest BCUT2D eigenvalue weighted by Crippen LogP contribution is 2.26. The first-order chi connectivity index (χ1) is 13.9. The Balaban J connectivity index is 1.67. The van der Waals surface area contributed by atoms with Crippen molar-refractivity contribution in [1.82, 2.24) is 4.90 Å². The van der Waals surface area contributed by atoms with Gasteiger partial charge >= 0.3 is 5.97 Å². The van der Waals surface area contributed by atoms with Gasteiger partial charge in [-0.3, -0.25) is 4.79 Å². The summed E-state index contributed by atoms with van der Waals surface area (Å²) < 4.78 is 37.9. The number of esters is 1. The predicted molar refractivity (Wildman–Crippen MR) is 103 cm³/mol. The van der Waals surface area contributed by atoms with Crippen molar-refractivity contribution in [2.45, 2.75) is 31.4 Å². The van der Waals surface area contributed by atoms with Crippen LogP contribution in [0.5, 0.6) is 5.75 Å². The minimum Gasteiger partial charge on any atom is -0.485 e. The van der Waals surface area contributed by atoms with Crippen LogP contribution in [0, 0.1) is 11.6 Å². The number of hydrogen-bond donors (Lipinski definition) is 0. The van der Waals surface area contributed by atoms with Crippen molar-refractivity contribution < 1.29 is 27.8 Å². The Morgan fingerprint density at radius 3 is 2.62 bits per heavy atom. The Bertz CT molecular complexity index is 908. The van der Waals surface area contributed by atoms with Gasteiger partial charge in [0.25, 0.3) is 0 Å². The molecule has 1 amide bonds. The number of aryl methyl sites for hydroxylation is 1. The number of para-hydroxylation sites is 1. The van der Waals surface area contributed by atoms with Crippen molar-refractivity contribution in [3.8, 4) is 5.75 Å². The molecule has 0 saturated carbocycles. The number of likely N-dealkylation sites (tertiary alicyclic amines) is 1. The van der Waals surface area contributed by atoms with Gasteiger partial charge in [0.2, 0.25) is 5.91 Å². The second-order valence-corrected chi connectivity index (χ2v) is 7.15. The first-order valence-corrected chi connectivity index (χ1v) is 9.49. The molecule has 1 aliphatic heterocycles. The highest BCUT2D eigenvalue weighted by Gasteiger charge is 2.41. The van der Waals surface area contributed by atoms with Crippen LogP contribution in [0.2, 0.25) is 5.02 Å². The van der Waals surface area contributed by atoms with Crippen LogP contribution in [0.1, 0.15) is 18.4 Å². The summed E-state index contributed by atoms with van der Waals surface area (Å²) in [7, 11) is 1.24. The predicted octanol–water partition coefficient (Wildman–Crippen LogP) is 3.77. The molecule has 8 heteroatoms. The second kappa shape index (κ2) is 9.22. The van der Waals surface area contributed by atoms with E-state index in [9.17, 15) is 18.4 Å². The zero-order valence-electron chi connectivity index (χ0n) is 15.7. The topological polar surface area (TPSA) is 55.8 Å². The molecule has 1 fully saturated rings. The van der Waals surface area contributed by atoms with Crippen LogP contribution in [-0.2, 0) is 20.7 Å². The van der Waals surface area contributed by atoms with Crippen LogP contribution < -0.4 is 4.74 Å². The SMILES string of the molecule is COC(=O)C1CC(Oc2ccccc2F)CN1C(=O)CCc1ccc(Cl)c(F)c1. The number of nitrogens with zero attached hydrogens (tertiary/aromatic N) is 1. The van der Waals surface area contributed by atoms with E-state index in [1.807, 2.05) is 0 Å². The van der Waals surface area contributed by atoms with Gasteiger partial charge in [0.15, 0.2) is 11.6 Å². The standard InChI is InChI=1S/C21H20ClF2NO4/c1-28-21(27)18-11-14(29-19-5-3-2-4-16(19)23)12-25(18)20(26)9-7-13-6-8-15(22)17(24)10-13/h2-6,8,10,14,18H,7,9,11-12H2,1H3. The summed E-state index contributed by atoms with van der Waals surface area (Å²) in [5, 5.41) is 0.0125. The Morgan fingerprint density at radius 1 is 1.17 bits per heavy atom. The lowest BCUT2D eigenvalue weighted by molar-refractivity contribution is -0.150. The van der Waals surface area contributed by atoms with Crippen LogP contribution in [0.3, 0.4) is 0 Å². The molecule has 2 aromatic carbocycles. The number of methoxy groups -OCH3 is 1. The van der Waals surface area contributed by atoms with E-state index in [0.29, 0.717) is 5.56 Å². The van der Waals surface area contributed by atoms with E-state index in [-0.39, 0.29) is 42.5 Å². The molecule has 0 spiro atoms. The van der Waals surface area contributed by atoms with E-state index in [1.165, 1.54) is 36.3 Å². The third kappa shape index (κ3) is 5.03. The first-order valence-electron chi connectivity index (χ1n) is 9.11. The maximum Gasteiger partial charge on any atom is 0.328 e. The fraction of sp³-hybridized carbons (Fsp3) is 0.333. The van der Waals surface area contributed by atoms with Crippen molar-refractivity contribution in [2.75, 3.05) is 13.7 Å². The van der Waals surface area contributed by atoms with Crippen LogP contribution in [0.25, 0.3) is 0 Å². The molecule has 2 unspecified atom stereocenters. The largest absolute Gasteiger partial charge is 0.485 e. The number of carbonyl (C=O) groups excluding carboxylic acids is 2. The molecule has 2 aromatic rings. The molecule has 5 nitrogen and oxygen atoms in total. The number of benzene rings is 2. The zero-order valence-corrected chi connectivity index (χ0v) is 16.5. The molecule has 3 rings (SSSR count). The van der Waals surface area contributed by atoms with E-state index < -0.39 is 29.7 Å². The van der Waals surface area contributed by atoms with E-state index >= 15 is 0 Å². The summed E-state index contributed by atoms with van der Waals surface area (Å²) >= 11 is 5.67. The van der Waals surface area contributed by atoms with Crippen molar-refractivity contribution >= 4 is 23.5 Å². The summed E-state index contributed by atoms with van der Waals surface area (Å²) in [5.41, 5.74) is 0.619. The molecular formula is C21H20ClF2NO4. The molecule has 1 aliphatic rings. The number of ether oxygens (including phenoxy) is 2. The Kier molecular flexibility index (Phi) is 6.69. The van der Waals surface area contributed by atoms with Crippen LogP contribution in [0.4, 0.5) is 8.78 Å². The van der Waals surface area contributed by atoms with Gasteiger partial charge in [0.1, 0.15) is 18.0 Å². The van der Waals surface area contributed by atoms with Gasteiger partial charge in [-0.15, -0.1) is 0 Å². The summed E-state index contributed by atoms with van der Waals surface area (Å²) in [6.07, 6.45) is 0.00680. The molecule has 0 aromatic heterocycles. The molecule has 154 valence electrons. The Morgan fingerprint density at radius 2 is 1.93 bits per heavy atom. The Labute approximate surface area is 172 Å². The average molecular weight is 424 g/mol. The number of halogens is 3. The number of carbonyl (C=O) groups is 2. The van der Waals surface area contributed by atoms with E-state index in [4.69, 9.17) is 21.1 Å². The van der Waals surface area contributed by atoms with Crippen molar-refractivity contribution in [2.24, 2.45) is 0 Å². The highest BCUT2D eigenvalue weighted by molar-refractivity contribution is 6.30. The van der Waals surface area contributed by atoms with Gasteiger partial charge in [0, 0.05) is 12.8 Å². The molecule has 2 atom stereocenters. The molecule has 0 N–H and O–H groups in total. The van der Waals surface area contributed by atoms with Crippen LogP contribution in [-0.4, -0.2) is 42.6 Å². The van der Waals surface area contributed by atoms with Crippen LogP contribution >= 0.6 is 11.6 Å². The highest BCUT2D eigenvalue weighted by atomic mass is 35.5. The third-order valence-electron chi connectivity index (χ3n) is 4.80. The van der Waals surface area contributed by atoms with E-state index in [0.717, 1.165) is 0 Å². The summed E-state index contributed by atoms with van der Waals surface area (Å²) in [6.45, 7) is 0.127. The fourth-order valence-corrected chi connectivity index (χ4v) is 3.45. The maximum absolute atomic E-state index is 13.9. The van der Waals surface area contributed by atoms with Gasteiger partial charge in [-0.2, -0.15) is 0 Å². The molecule has 0 bridgehead atoms. The molecule has 0 aliphatic carbocycles. The summed E-state index contributed by atoms with van der Waals surface area (Å²) in [4.78, 5) is 26.3. The normalized spacial score (nSPS) is 18.6.